The summed E-state index contributed by atoms with van der Waals surface area (Å²) in [5.41, 5.74) is 0. The smallest absolute Gasteiger partial charge is 0.0192 e. The highest BCUT2D eigenvalue weighted by Gasteiger charge is 2.29. The predicted octanol–water partition coefficient (Wildman–Crippen LogP) is 1.15. The van der Waals surface area contributed by atoms with Crippen molar-refractivity contribution in [2.45, 2.75) is 50.7 Å². The van der Waals surface area contributed by atoms with Gasteiger partial charge in [0.15, 0.2) is 0 Å². The number of nitrogens with zero attached hydrogens (tertiary/aromatic N) is 2. The molecule has 3 heteroatoms. The molecule has 1 saturated heterocycles. The van der Waals surface area contributed by atoms with Crippen LogP contribution < -0.4 is 5.32 Å². The van der Waals surface area contributed by atoms with E-state index in [0.29, 0.717) is 0 Å². The van der Waals surface area contributed by atoms with Crippen molar-refractivity contribution in [2.24, 2.45) is 0 Å². The molecule has 1 saturated carbocycles. The monoisotopic (exact) mass is 225 g/mol. The SMILES string of the molecule is CNC1CCCC(N2CCN(C)C(C)C2)C1. The third-order valence-electron chi connectivity index (χ3n) is 4.56. The fourth-order valence-corrected chi connectivity index (χ4v) is 3.17. The lowest BCUT2D eigenvalue weighted by Crippen LogP contribution is -2.55. The molecule has 1 aliphatic heterocycles. The van der Waals surface area contributed by atoms with Crippen molar-refractivity contribution in [1.29, 1.82) is 0 Å². The molecule has 3 atom stereocenters. The summed E-state index contributed by atoms with van der Waals surface area (Å²) in [4.78, 5) is 5.21. The average Bonchev–Trinajstić information content (AvgIpc) is 2.33. The zero-order chi connectivity index (χ0) is 11.5. The van der Waals surface area contributed by atoms with E-state index in [2.05, 4.69) is 36.1 Å². The van der Waals surface area contributed by atoms with Crippen molar-refractivity contribution < 1.29 is 0 Å². The predicted molar refractivity (Wildman–Crippen MR) is 68.8 cm³/mol. The maximum atomic E-state index is 3.46. The molecular formula is C13H27N3. The molecule has 0 amide bonds. The van der Waals surface area contributed by atoms with Gasteiger partial charge in [-0.3, -0.25) is 4.90 Å². The van der Waals surface area contributed by atoms with E-state index >= 15 is 0 Å². The molecule has 3 nitrogen and oxygen atoms in total. The van der Waals surface area contributed by atoms with E-state index in [9.17, 15) is 0 Å². The Hall–Kier alpha value is -0.120. The second-order valence-electron chi connectivity index (χ2n) is 5.63. The summed E-state index contributed by atoms with van der Waals surface area (Å²) in [6.45, 7) is 6.12. The highest BCUT2D eigenvalue weighted by molar-refractivity contribution is 4.87. The second-order valence-corrected chi connectivity index (χ2v) is 5.63. The lowest BCUT2D eigenvalue weighted by Gasteiger charge is -2.44. The normalized spacial score (nSPS) is 38.8. The molecule has 2 rings (SSSR count). The molecule has 0 spiro atoms. The van der Waals surface area contributed by atoms with E-state index in [1.54, 1.807) is 0 Å². The first kappa shape index (κ1) is 12.3. The van der Waals surface area contributed by atoms with Crippen LogP contribution in [-0.2, 0) is 0 Å². The van der Waals surface area contributed by atoms with Gasteiger partial charge >= 0.3 is 0 Å². The van der Waals surface area contributed by atoms with Gasteiger partial charge in [-0.05, 0) is 40.3 Å². The Balaban J connectivity index is 1.87. The summed E-state index contributed by atoms with van der Waals surface area (Å²) in [5, 5.41) is 3.46. The van der Waals surface area contributed by atoms with Crippen LogP contribution >= 0.6 is 0 Å². The minimum atomic E-state index is 0.726. The van der Waals surface area contributed by atoms with Crippen molar-refractivity contribution >= 4 is 0 Å². The molecule has 0 aromatic carbocycles. The topological polar surface area (TPSA) is 18.5 Å². The average molecular weight is 225 g/mol. The van der Waals surface area contributed by atoms with Crippen LogP contribution in [0.5, 0.6) is 0 Å². The van der Waals surface area contributed by atoms with Gasteiger partial charge in [-0.2, -0.15) is 0 Å². The largest absolute Gasteiger partial charge is 0.317 e. The summed E-state index contributed by atoms with van der Waals surface area (Å²) < 4.78 is 0. The van der Waals surface area contributed by atoms with Gasteiger partial charge in [0.25, 0.3) is 0 Å². The molecule has 1 N–H and O–H groups in total. The lowest BCUT2D eigenvalue weighted by atomic mass is 9.89. The van der Waals surface area contributed by atoms with Gasteiger partial charge in [0.05, 0.1) is 0 Å². The van der Waals surface area contributed by atoms with Gasteiger partial charge < -0.3 is 10.2 Å². The van der Waals surface area contributed by atoms with Crippen molar-refractivity contribution in [3.05, 3.63) is 0 Å². The van der Waals surface area contributed by atoms with E-state index in [4.69, 9.17) is 0 Å². The van der Waals surface area contributed by atoms with Crippen LogP contribution in [-0.4, -0.2) is 61.7 Å². The molecule has 2 fully saturated rings. The van der Waals surface area contributed by atoms with Gasteiger partial charge in [-0.25, -0.2) is 0 Å². The van der Waals surface area contributed by atoms with E-state index in [-0.39, 0.29) is 0 Å². The number of rotatable bonds is 2. The molecule has 3 unspecified atom stereocenters. The van der Waals surface area contributed by atoms with Crippen molar-refractivity contribution in [3.63, 3.8) is 0 Å². The molecule has 94 valence electrons. The van der Waals surface area contributed by atoms with Crippen LogP contribution in [0.3, 0.4) is 0 Å². The molecule has 0 aromatic heterocycles. The number of hydrogen-bond donors (Lipinski definition) is 1. The first-order chi connectivity index (χ1) is 7.70. The number of piperazine rings is 1. The van der Waals surface area contributed by atoms with E-state index in [1.165, 1.54) is 45.3 Å². The van der Waals surface area contributed by atoms with E-state index < -0.39 is 0 Å². The van der Waals surface area contributed by atoms with Crippen molar-refractivity contribution in [2.75, 3.05) is 33.7 Å². The third-order valence-corrected chi connectivity index (χ3v) is 4.56. The van der Waals surface area contributed by atoms with Crippen LogP contribution in [0.1, 0.15) is 32.6 Å². The second kappa shape index (κ2) is 5.48. The molecule has 2 aliphatic rings. The standard InChI is InChI=1S/C13H27N3/c1-11-10-16(8-7-15(11)3)13-6-4-5-12(9-13)14-2/h11-14H,4-10H2,1-3H3. The first-order valence-corrected chi connectivity index (χ1v) is 6.82. The van der Waals surface area contributed by atoms with E-state index in [0.717, 1.165) is 18.1 Å². The molecule has 1 heterocycles. The molecule has 0 aromatic rings. The summed E-state index contributed by atoms with van der Waals surface area (Å²) in [6.07, 6.45) is 5.54. The molecule has 1 aliphatic carbocycles. The molecule has 16 heavy (non-hydrogen) atoms. The fourth-order valence-electron chi connectivity index (χ4n) is 3.17. The van der Waals surface area contributed by atoms with Crippen LogP contribution in [0.15, 0.2) is 0 Å². The Morgan fingerprint density at radius 1 is 1.19 bits per heavy atom. The summed E-state index contributed by atoms with van der Waals surface area (Å²) in [7, 11) is 4.36. The van der Waals surface area contributed by atoms with Crippen LogP contribution in [0.4, 0.5) is 0 Å². The zero-order valence-corrected chi connectivity index (χ0v) is 11.1. The number of nitrogens with one attached hydrogen (secondary N) is 1. The van der Waals surface area contributed by atoms with Crippen LogP contribution in [0.2, 0.25) is 0 Å². The Bertz CT molecular complexity index is 215. The Kier molecular flexibility index (Phi) is 4.22. The van der Waals surface area contributed by atoms with Crippen molar-refractivity contribution in [3.8, 4) is 0 Å². The van der Waals surface area contributed by atoms with Crippen LogP contribution in [0, 0.1) is 0 Å². The quantitative estimate of drug-likeness (QED) is 0.760. The summed E-state index contributed by atoms with van der Waals surface area (Å²) in [5.74, 6) is 0. The maximum Gasteiger partial charge on any atom is 0.0192 e. The molecule has 0 bridgehead atoms. The molecular weight excluding hydrogens is 198 g/mol. The summed E-state index contributed by atoms with van der Waals surface area (Å²) in [6, 6.07) is 2.32. The van der Waals surface area contributed by atoms with Gasteiger partial charge in [0.2, 0.25) is 0 Å². The van der Waals surface area contributed by atoms with Crippen LogP contribution in [0.25, 0.3) is 0 Å². The number of likely N-dealkylation sites (N-methyl/N-ethyl adjacent to an activating group) is 1. The van der Waals surface area contributed by atoms with Gasteiger partial charge in [0.1, 0.15) is 0 Å². The Morgan fingerprint density at radius 2 is 2.00 bits per heavy atom. The van der Waals surface area contributed by atoms with E-state index in [1.807, 2.05) is 0 Å². The van der Waals surface area contributed by atoms with Crippen molar-refractivity contribution in [1.82, 2.24) is 15.1 Å². The minimum Gasteiger partial charge on any atom is -0.317 e. The first-order valence-electron chi connectivity index (χ1n) is 6.82. The zero-order valence-electron chi connectivity index (χ0n) is 11.1. The fraction of sp³-hybridized carbons (Fsp3) is 1.00. The highest BCUT2D eigenvalue weighted by atomic mass is 15.3. The van der Waals surface area contributed by atoms with Gasteiger partial charge in [0, 0.05) is 37.8 Å². The maximum absolute atomic E-state index is 3.46. The lowest BCUT2D eigenvalue weighted by molar-refractivity contribution is 0.0524. The highest BCUT2D eigenvalue weighted by Crippen LogP contribution is 2.24. The summed E-state index contributed by atoms with van der Waals surface area (Å²) >= 11 is 0. The third kappa shape index (κ3) is 2.76. The number of hydrogen-bond acceptors (Lipinski definition) is 3. The Morgan fingerprint density at radius 3 is 2.69 bits per heavy atom. The van der Waals surface area contributed by atoms with Gasteiger partial charge in [-0.1, -0.05) is 6.42 Å². The van der Waals surface area contributed by atoms with Gasteiger partial charge in [-0.15, -0.1) is 0 Å². The Labute approximate surface area is 100 Å². The molecule has 0 radical (unpaired) electrons. The minimum absolute atomic E-state index is 0.726.